The van der Waals surface area contributed by atoms with Gasteiger partial charge in [0.1, 0.15) is 5.69 Å². The first-order valence-corrected chi connectivity index (χ1v) is 7.06. The average molecular weight is 279 g/mol. The number of nitrogen functional groups attached to an aromatic ring is 1. The maximum absolute atomic E-state index is 11.2. The fourth-order valence-corrected chi connectivity index (χ4v) is 2.82. The largest absolute Gasteiger partial charge is 0.483 e. The van der Waals surface area contributed by atoms with Crippen LogP contribution in [0.1, 0.15) is 39.0 Å². The summed E-state index contributed by atoms with van der Waals surface area (Å²) in [5.74, 6) is 6.28. The molecule has 2 atom stereocenters. The van der Waals surface area contributed by atoms with E-state index in [1.165, 1.54) is 6.42 Å². The third kappa shape index (κ3) is 3.19. The van der Waals surface area contributed by atoms with E-state index in [2.05, 4.69) is 12.3 Å². The molecule has 0 saturated heterocycles. The number of nitrogens with zero attached hydrogens (tertiary/aromatic N) is 1. The summed E-state index contributed by atoms with van der Waals surface area (Å²) < 4.78 is 5.89. The molecule has 2 rings (SSSR count). The molecule has 1 aliphatic rings. The zero-order valence-corrected chi connectivity index (χ0v) is 11.7. The Balaban J connectivity index is 2.18. The van der Waals surface area contributed by atoms with Crippen molar-refractivity contribution in [2.24, 2.45) is 11.8 Å². The summed E-state index contributed by atoms with van der Waals surface area (Å²) in [5.41, 5.74) is 2.54. The standard InChI is InChI=1S/C14H21N3O3/c1-2-10-5-3-6-11(9-10)20-13-8-4-7-12(16-15)14(13)17(18)19/h4,7-8,10-11,16H,2-3,5-6,9,15H2,1H3. The molecule has 0 spiro atoms. The van der Waals surface area contributed by atoms with Gasteiger partial charge in [0, 0.05) is 0 Å². The van der Waals surface area contributed by atoms with Crippen LogP contribution in [0.25, 0.3) is 0 Å². The van der Waals surface area contributed by atoms with Crippen molar-refractivity contribution in [3.63, 3.8) is 0 Å². The van der Waals surface area contributed by atoms with Gasteiger partial charge < -0.3 is 10.2 Å². The van der Waals surface area contributed by atoms with Crippen LogP contribution >= 0.6 is 0 Å². The lowest BCUT2D eigenvalue weighted by molar-refractivity contribution is -0.385. The van der Waals surface area contributed by atoms with Gasteiger partial charge in [0.25, 0.3) is 0 Å². The van der Waals surface area contributed by atoms with Gasteiger partial charge in [-0.05, 0) is 37.3 Å². The molecule has 0 amide bonds. The summed E-state index contributed by atoms with van der Waals surface area (Å²) in [6.07, 6.45) is 5.45. The molecule has 1 fully saturated rings. The molecule has 1 saturated carbocycles. The number of nitro groups is 1. The molecule has 20 heavy (non-hydrogen) atoms. The average Bonchev–Trinajstić information content (AvgIpc) is 2.46. The highest BCUT2D eigenvalue weighted by Crippen LogP contribution is 2.37. The first-order valence-electron chi connectivity index (χ1n) is 7.06. The summed E-state index contributed by atoms with van der Waals surface area (Å²) in [6.45, 7) is 2.18. The van der Waals surface area contributed by atoms with Crippen molar-refractivity contribution >= 4 is 11.4 Å². The van der Waals surface area contributed by atoms with Gasteiger partial charge in [-0.2, -0.15) is 0 Å². The smallest absolute Gasteiger partial charge is 0.335 e. The van der Waals surface area contributed by atoms with Gasteiger partial charge in [-0.25, -0.2) is 0 Å². The van der Waals surface area contributed by atoms with E-state index in [1.807, 2.05) is 0 Å². The second-order valence-electron chi connectivity index (χ2n) is 5.23. The van der Waals surface area contributed by atoms with Crippen LogP contribution in [0, 0.1) is 16.0 Å². The Labute approximate surface area is 118 Å². The lowest BCUT2D eigenvalue weighted by Crippen LogP contribution is -2.25. The Kier molecular flexibility index (Phi) is 4.79. The number of para-hydroxylation sites is 1. The lowest BCUT2D eigenvalue weighted by Gasteiger charge is -2.28. The molecule has 1 aromatic rings. The van der Waals surface area contributed by atoms with Crippen LogP contribution in [-0.4, -0.2) is 11.0 Å². The fourth-order valence-electron chi connectivity index (χ4n) is 2.82. The highest BCUT2D eigenvalue weighted by atomic mass is 16.6. The summed E-state index contributed by atoms with van der Waals surface area (Å²) in [5, 5.41) is 11.2. The summed E-state index contributed by atoms with van der Waals surface area (Å²) in [4.78, 5) is 10.7. The van der Waals surface area contributed by atoms with Gasteiger partial charge in [-0.3, -0.25) is 16.0 Å². The molecule has 0 bridgehead atoms. The molecule has 0 aliphatic heterocycles. The monoisotopic (exact) mass is 279 g/mol. The molecule has 1 aliphatic carbocycles. The van der Waals surface area contributed by atoms with Crippen LogP contribution in [0.5, 0.6) is 5.75 Å². The summed E-state index contributed by atoms with van der Waals surface area (Å²) >= 11 is 0. The van der Waals surface area contributed by atoms with E-state index in [0.717, 1.165) is 25.7 Å². The first-order chi connectivity index (χ1) is 9.65. The maximum Gasteiger partial charge on any atom is 0.335 e. The van der Waals surface area contributed by atoms with Crippen LogP contribution in [0.2, 0.25) is 0 Å². The van der Waals surface area contributed by atoms with Crippen LogP contribution in [-0.2, 0) is 0 Å². The van der Waals surface area contributed by atoms with Crippen molar-refractivity contribution in [1.29, 1.82) is 0 Å². The summed E-state index contributed by atoms with van der Waals surface area (Å²) in [6, 6.07) is 4.91. The highest BCUT2D eigenvalue weighted by molar-refractivity contribution is 5.67. The molecule has 0 aromatic heterocycles. The number of anilines is 1. The lowest BCUT2D eigenvalue weighted by atomic mass is 9.85. The van der Waals surface area contributed by atoms with Crippen molar-refractivity contribution in [3.05, 3.63) is 28.3 Å². The topological polar surface area (TPSA) is 90.4 Å². The molecule has 1 aromatic carbocycles. The minimum absolute atomic E-state index is 0.0559. The second kappa shape index (κ2) is 6.56. The van der Waals surface area contributed by atoms with Crippen LogP contribution in [0.15, 0.2) is 18.2 Å². The number of hydrazine groups is 1. The van der Waals surface area contributed by atoms with Crippen molar-refractivity contribution in [1.82, 2.24) is 0 Å². The molecule has 3 N–H and O–H groups in total. The van der Waals surface area contributed by atoms with E-state index in [0.29, 0.717) is 11.7 Å². The predicted molar refractivity (Wildman–Crippen MR) is 77.6 cm³/mol. The number of nitrogens with one attached hydrogen (secondary N) is 1. The molecule has 0 heterocycles. The van der Waals surface area contributed by atoms with Gasteiger partial charge in [0.05, 0.1) is 11.0 Å². The predicted octanol–water partition coefficient (Wildman–Crippen LogP) is 3.23. The fraction of sp³-hybridized carbons (Fsp3) is 0.571. The Hall–Kier alpha value is -1.82. The Morgan fingerprint density at radius 1 is 1.50 bits per heavy atom. The minimum atomic E-state index is -0.454. The van der Waals surface area contributed by atoms with E-state index in [9.17, 15) is 10.1 Å². The number of benzene rings is 1. The number of hydrogen-bond donors (Lipinski definition) is 2. The quantitative estimate of drug-likeness (QED) is 0.490. The SMILES string of the molecule is CCC1CCCC(Oc2cccc(NN)c2[N+](=O)[O-])C1. The Bertz CT molecular complexity index is 479. The molecular weight excluding hydrogens is 258 g/mol. The van der Waals surface area contributed by atoms with Gasteiger partial charge in [-0.1, -0.05) is 25.8 Å². The zero-order chi connectivity index (χ0) is 14.5. The number of nitro benzene ring substituents is 1. The minimum Gasteiger partial charge on any atom is -0.483 e. The third-order valence-corrected chi connectivity index (χ3v) is 3.94. The molecular formula is C14H21N3O3. The van der Waals surface area contributed by atoms with E-state index in [4.69, 9.17) is 10.6 Å². The Morgan fingerprint density at radius 2 is 2.30 bits per heavy atom. The van der Waals surface area contributed by atoms with Crippen LogP contribution in [0.4, 0.5) is 11.4 Å². The van der Waals surface area contributed by atoms with E-state index in [-0.39, 0.29) is 17.5 Å². The van der Waals surface area contributed by atoms with Crippen molar-refractivity contribution in [2.75, 3.05) is 5.43 Å². The van der Waals surface area contributed by atoms with Crippen molar-refractivity contribution in [3.8, 4) is 5.75 Å². The van der Waals surface area contributed by atoms with E-state index in [1.54, 1.807) is 18.2 Å². The number of ether oxygens (including phenoxy) is 1. The van der Waals surface area contributed by atoms with Gasteiger partial charge >= 0.3 is 5.69 Å². The number of rotatable bonds is 5. The molecule has 110 valence electrons. The normalized spacial score (nSPS) is 22.3. The van der Waals surface area contributed by atoms with E-state index >= 15 is 0 Å². The third-order valence-electron chi connectivity index (χ3n) is 3.94. The molecule has 6 nitrogen and oxygen atoms in total. The van der Waals surface area contributed by atoms with Gasteiger partial charge in [0.2, 0.25) is 0 Å². The van der Waals surface area contributed by atoms with Crippen LogP contribution < -0.4 is 16.0 Å². The zero-order valence-electron chi connectivity index (χ0n) is 11.7. The van der Waals surface area contributed by atoms with Gasteiger partial charge in [0.15, 0.2) is 5.75 Å². The summed E-state index contributed by atoms with van der Waals surface area (Å²) in [7, 11) is 0. The van der Waals surface area contributed by atoms with Crippen molar-refractivity contribution < 1.29 is 9.66 Å². The maximum atomic E-state index is 11.2. The Morgan fingerprint density at radius 3 is 2.95 bits per heavy atom. The second-order valence-corrected chi connectivity index (χ2v) is 5.23. The molecule has 6 heteroatoms. The van der Waals surface area contributed by atoms with Crippen LogP contribution in [0.3, 0.4) is 0 Å². The van der Waals surface area contributed by atoms with E-state index < -0.39 is 4.92 Å². The van der Waals surface area contributed by atoms with Crippen molar-refractivity contribution in [2.45, 2.75) is 45.1 Å². The number of hydrogen-bond acceptors (Lipinski definition) is 5. The highest BCUT2D eigenvalue weighted by Gasteiger charge is 2.26. The molecule has 2 unspecified atom stereocenters. The van der Waals surface area contributed by atoms with Gasteiger partial charge in [-0.15, -0.1) is 0 Å². The first kappa shape index (κ1) is 14.6. The number of nitrogens with two attached hydrogens (primary N) is 1. The molecule has 0 radical (unpaired) electrons.